The molecule has 1 fully saturated rings. The van der Waals surface area contributed by atoms with Gasteiger partial charge in [0.05, 0.1) is 36.9 Å². The van der Waals surface area contributed by atoms with E-state index in [0.29, 0.717) is 12.2 Å². The van der Waals surface area contributed by atoms with Gasteiger partial charge in [0, 0.05) is 19.6 Å². The molecule has 9 nitrogen and oxygen atoms in total. The number of carbonyl (C=O) groups excluding carboxylic acids is 2. The van der Waals surface area contributed by atoms with E-state index in [1.165, 1.54) is 0 Å². The number of carbonyl (C=O) groups is 2. The topological polar surface area (TPSA) is 101 Å². The van der Waals surface area contributed by atoms with E-state index in [-0.39, 0.29) is 42.7 Å². The Bertz CT molecular complexity index is 795. The van der Waals surface area contributed by atoms with Gasteiger partial charge in [-0.1, -0.05) is 25.0 Å². The van der Waals surface area contributed by atoms with Crippen LogP contribution in [-0.4, -0.2) is 70.2 Å². The van der Waals surface area contributed by atoms with Crippen molar-refractivity contribution in [2.24, 2.45) is 5.92 Å². The Hall–Kier alpha value is -2.60. The summed E-state index contributed by atoms with van der Waals surface area (Å²) < 4.78 is 8.03. The maximum atomic E-state index is 12.6. The van der Waals surface area contributed by atoms with E-state index >= 15 is 0 Å². The molecule has 3 amide bonds. The van der Waals surface area contributed by atoms with Crippen LogP contribution in [0.2, 0.25) is 0 Å². The normalized spacial score (nSPS) is 19.5. The summed E-state index contributed by atoms with van der Waals surface area (Å²) in [6.07, 6.45) is 5.42. The Labute approximate surface area is 191 Å². The molecule has 1 aliphatic heterocycles. The molecule has 0 radical (unpaired) electrons. The molecule has 2 N–H and O–H groups in total. The Morgan fingerprint density at radius 3 is 2.69 bits per heavy atom. The second kappa shape index (κ2) is 13.1. The number of nitrogens with zero attached hydrogens (tertiary/aromatic N) is 4. The molecule has 0 saturated carbocycles. The number of hydrogen-bond acceptors (Lipinski definition) is 5. The van der Waals surface area contributed by atoms with Gasteiger partial charge >= 0.3 is 6.03 Å². The van der Waals surface area contributed by atoms with Gasteiger partial charge < -0.3 is 20.3 Å². The fourth-order valence-corrected chi connectivity index (χ4v) is 3.86. The van der Waals surface area contributed by atoms with E-state index in [9.17, 15) is 9.59 Å². The Morgan fingerprint density at radius 1 is 1.25 bits per heavy atom. The highest BCUT2D eigenvalue weighted by atomic mass is 16.5. The minimum atomic E-state index is -0.221. The summed E-state index contributed by atoms with van der Waals surface area (Å²) in [6, 6.07) is -0.116. The zero-order valence-electron chi connectivity index (χ0n) is 20.1. The average Bonchev–Trinajstić information content (AvgIpc) is 3.45. The van der Waals surface area contributed by atoms with Crippen LogP contribution in [-0.2, 0) is 9.53 Å². The van der Waals surface area contributed by atoms with Crippen molar-refractivity contribution in [3.63, 3.8) is 0 Å². The van der Waals surface area contributed by atoms with Crippen molar-refractivity contribution in [2.75, 3.05) is 26.2 Å². The van der Waals surface area contributed by atoms with Gasteiger partial charge in [0.1, 0.15) is 0 Å². The first-order chi connectivity index (χ1) is 15.4. The number of hydrogen-bond donors (Lipinski definition) is 2. The number of nitrogens with one attached hydrogen (secondary N) is 2. The third kappa shape index (κ3) is 7.52. The summed E-state index contributed by atoms with van der Waals surface area (Å²) in [5.41, 5.74) is 0.566. The summed E-state index contributed by atoms with van der Waals surface area (Å²) in [5.74, 6) is 5.85. The van der Waals surface area contributed by atoms with Crippen molar-refractivity contribution in [2.45, 2.75) is 78.6 Å². The van der Waals surface area contributed by atoms with Crippen LogP contribution in [0.5, 0.6) is 0 Å². The van der Waals surface area contributed by atoms with Crippen molar-refractivity contribution >= 4 is 11.9 Å². The first-order valence-corrected chi connectivity index (χ1v) is 11.8. The molecule has 32 heavy (non-hydrogen) atoms. The average molecular weight is 447 g/mol. The van der Waals surface area contributed by atoms with Crippen LogP contribution in [0, 0.1) is 17.8 Å². The molecular weight excluding hydrogens is 408 g/mol. The molecule has 1 saturated heterocycles. The highest BCUT2D eigenvalue weighted by molar-refractivity contribution is 5.79. The lowest BCUT2D eigenvalue weighted by molar-refractivity contribution is -0.139. The Morgan fingerprint density at radius 2 is 2.00 bits per heavy atom. The predicted molar refractivity (Wildman–Crippen MR) is 123 cm³/mol. The maximum Gasteiger partial charge on any atom is 0.315 e. The molecule has 1 aliphatic rings. The maximum absolute atomic E-state index is 12.6. The third-order valence-corrected chi connectivity index (χ3v) is 5.82. The largest absolute Gasteiger partial charge is 0.374 e. The van der Waals surface area contributed by atoms with Gasteiger partial charge in [0.25, 0.3) is 0 Å². The summed E-state index contributed by atoms with van der Waals surface area (Å²) in [7, 11) is 0. The zero-order chi connectivity index (χ0) is 23.5. The van der Waals surface area contributed by atoms with Crippen molar-refractivity contribution in [1.82, 2.24) is 30.5 Å². The van der Waals surface area contributed by atoms with Gasteiger partial charge in [0.2, 0.25) is 5.91 Å². The van der Waals surface area contributed by atoms with E-state index in [0.717, 1.165) is 38.8 Å². The van der Waals surface area contributed by atoms with Crippen molar-refractivity contribution in [3.05, 3.63) is 11.9 Å². The highest BCUT2D eigenvalue weighted by Gasteiger charge is 2.35. The molecular formula is C23H38N6O3. The number of amides is 3. The summed E-state index contributed by atoms with van der Waals surface area (Å²) >= 11 is 0. The second-order valence-electron chi connectivity index (χ2n) is 8.25. The van der Waals surface area contributed by atoms with Gasteiger partial charge in [0.15, 0.2) is 5.69 Å². The van der Waals surface area contributed by atoms with E-state index < -0.39 is 0 Å². The summed E-state index contributed by atoms with van der Waals surface area (Å²) in [5, 5.41) is 13.7. The van der Waals surface area contributed by atoms with Gasteiger partial charge in [-0.15, -0.1) is 5.10 Å². The highest BCUT2D eigenvalue weighted by Crippen LogP contribution is 2.31. The first-order valence-electron chi connectivity index (χ1n) is 11.8. The second-order valence-corrected chi connectivity index (χ2v) is 8.25. The molecule has 1 aromatic rings. The quantitative estimate of drug-likeness (QED) is 0.537. The molecule has 0 aromatic carbocycles. The van der Waals surface area contributed by atoms with Crippen molar-refractivity contribution in [3.8, 4) is 11.8 Å². The number of rotatable bonds is 10. The predicted octanol–water partition coefficient (Wildman–Crippen LogP) is 2.34. The molecule has 0 aliphatic carbocycles. The van der Waals surface area contributed by atoms with Crippen LogP contribution in [0.4, 0.5) is 4.79 Å². The van der Waals surface area contributed by atoms with Crippen LogP contribution in [0.1, 0.15) is 72.0 Å². The van der Waals surface area contributed by atoms with Crippen molar-refractivity contribution in [1.29, 1.82) is 0 Å². The van der Waals surface area contributed by atoms with Gasteiger partial charge in [-0.25, -0.2) is 9.48 Å². The standard InChI is InChI=1S/C23H38N6O3/c1-6-13-24-23(31)25-14-9-10-19-16-29(27-26-19)17(4)15-20-11-12-21(32-20)18(5)22(30)28(7-2)8-3/h16-18,20-21H,6-8,11-15H2,1-5H3,(H2,24,25,31)/t17-,18-,20+,21-/m1/s1. The smallest absolute Gasteiger partial charge is 0.315 e. The molecule has 2 heterocycles. The van der Waals surface area contributed by atoms with E-state index in [1.54, 1.807) is 4.68 Å². The Balaban J connectivity index is 1.80. The van der Waals surface area contributed by atoms with Crippen LogP contribution >= 0.6 is 0 Å². The summed E-state index contributed by atoms with van der Waals surface area (Å²) in [6.45, 7) is 12.4. The number of urea groups is 1. The zero-order valence-corrected chi connectivity index (χ0v) is 20.1. The fraction of sp³-hybridized carbons (Fsp3) is 0.739. The van der Waals surface area contributed by atoms with Gasteiger partial charge in [-0.2, -0.15) is 0 Å². The molecule has 0 spiro atoms. The lowest BCUT2D eigenvalue weighted by Gasteiger charge is -2.26. The minimum Gasteiger partial charge on any atom is -0.374 e. The fourth-order valence-electron chi connectivity index (χ4n) is 3.86. The first kappa shape index (κ1) is 25.7. The third-order valence-electron chi connectivity index (χ3n) is 5.82. The number of aromatic nitrogens is 3. The van der Waals surface area contributed by atoms with E-state index in [4.69, 9.17) is 4.74 Å². The lowest BCUT2D eigenvalue weighted by Crippen LogP contribution is -2.39. The molecule has 0 bridgehead atoms. The lowest BCUT2D eigenvalue weighted by atomic mass is 9.99. The molecule has 1 aromatic heterocycles. The molecule has 9 heteroatoms. The van der Waals surface area contributed by atoms with E-state index in [1.807, 2.05) is 38.8 Å². The SMILES string of the molecule is CCCNC(=O)NCC#Cc1cn([C@H](C)C[C@@H]2CC[C@H]([C@@H](C)C(=O)N(CC)CC)O2)nn1. The molecule has 2 rings (SSSR count). The van der Waals surface area contributed by atoms with Crippen LogP contribution in [0.3, 0.4) is 0 Å². The van der Waals surface area contributed by atoms with Gasteiger partial charge in [-0.3, -0.25) is 4.79 Å². The monoisotopic (exact) mass is 446 g/mol. The molecule has 178 valence electrons. The minimum absolute atomic E-state index is 0.0282. The van der Waals surface area contributed by atoms with Crippen LogP contribution in [0.25, 0.3) is 0 Å². The van der Waals surface area contributed by atoms with E-state index in [2.05, 4.69) is 39.7 Å². The summed E-state index contributed by atoms with van der Waals surface area (Å²) in [4.78, 5) is 26.0. The molecule has 0 unspecified atom stereocenters. The van der Waals surface area contributed by atoms with Crippen LogP contribution < -0.4 is 10.6 Å². The molecule has 4 atom stereocenters. The van der Waals surface area contributed by atoms with Crippen molar-refractivity contribution < 1.29 is 14.3 Å². The Kier molecular flexibility index (Phi) is 10.5. The van der Waals surface area contributed by atoms with Crippen LogP contribution in [0.15, 0.2) is 6.20 Å². The number of ether oxygens (including phenoxy) is 1. The van der Waals surface area contributed by atoms with Gasteiger partial charge in [-0.05, 0) is 52.4 Å².